The van der Waals surface area contributed by atoms with Crippen LogP contribution in [-0.4, -0.2) is 28.9 Å². The molecule has 1 N–H and O–H groups in total. The van der Waals surface area contributed by atoms with Crippen LogP contribution in [0.4, 0.5) is 5.69 Å². The van der Waals surface area contributed by atoms with Crippen molar-refractivity contribution in [3.63, 3.8) is 0 Å². The van der Waals surface area contributed by atoms with Crippen molar-refractivity contribution in [1.29, 1.82) is 0 Å². The van der Waals surface area contributed by atoms with Crippen LogP contribution >= 0.6 is 0 Å². The Bertz CT molecular complexity index is 592. The lowest BCUT2D eigenvalue weighted by molar-refractivity contribution is -0.121. The Labute approximate surface area is 131 Å². The van der Waals surface area contributed by atoms with Crippen molar-refractivity contribution in [2.24, 2.45) is 5.92 Å². The van der Waals surface area contributed by atoms with Gasteiger partial charge in [-0.05, 0) is 43.6 Å². The molecule has 4 heteroatoms. The number of aromatic nitrogens is 1. The lowest BCUT2D eigenvalue weighted by Gasteiger charge is -2.31. The van der Waals surface area contributed by atoms with Crippen molar-refractivity contribution in [2.45, 2.75) is 19.4 Å². The first-order valence-corrected chi connectivity index (χ1v) is 7.78. The van der Waals surface area contributed by atoms with Gasteiger partial charge in [0.25, 0.3) is 0 Å². The standard InChI is InChI=1S/C18H21N3O/c22-18(20-17-7-4-10-19-13-17)16-8-11-21(12-9-16)14-15-5-2-1-3-6-15/h1-7,10,13,16H,8-9,11-12,14H2,(H,20,22). The van der Waals surface area contributed by atoms with Crippen LogP contribution in [0.15, 0.2) is 54.9 Å². The van der Waals surface area contributed by atoms with E-state index in [2.05, 4.69) is 39.5 Å². The van der Waals surface area contributed by atoms with E-state index in [0.29, 0.717) is 0 Å². The normalized spacial score (nSPS) is 16.4. The van der Waals surface area contributed by atoms with E-state index in [0.717, 1.165) is 38.2 Å². The van der Waals surface area contributed by atoms with Gasteiger partial charge in [-0.1, -0.05) is 30.3 Å². The number of rotatable bonds is 4. The Kier molecular flexibility index (Phi) is 4.81. The van der Waals surface area contributed by atoms with Crippen molar-refractivity contribution < 1.29 is 4.79 Å². The second-order valence-electron chi connectivity index (χ2n) is 5.77. The van der Waals surface area contributed by atoms with Crippen LogP contribution in [0, 0.1) is 5.92 Å². The SMILES string of the molecule is O=C(Nc1cccnc1)C1CCN(Cc2ccccc2)CC1. The van der Waals surface area contributed by atoms with Crippen LogP contribution in [0.25, 0.3) is 0 Å². The summed E-state index contributed by atoms with van der Waals surface area (Å²) in [5, 5.41) is 2.96. The maximum Gasteiger partial charge on any atom is 0.227 e. The molecule has 0 bridgehead atoms. The summed E-state index contributed by atoms with van der Waals surface area (Å²) in [5.41, 5.74) is 2.11. The van der Waals surface area contributed by atoms with Gasteiger partial charge in [0.15, 0.2) is 0 Å². The Morgan fingerprint density at radius 3 is 2.59 bits per heavy atom. The van der Waals surface area contributed by atoms with E-state index < -0.39 is 0 Å². The second kappa shape index (κ2) is 7.18. The molecule has 2 heterocycles. The van der Waals surface area contributed by atoms with Crippen molar-refractivity contribution >= 4 is 11.6 Å². The van der Waals surface area contributed by atoms with Gasteiger partial charge in [0.1, 0.15) is 0 Å². The molecule has 0 aliphatic carbocycles. The highest BCUT2D eigenvalue weighted by atomic mass is 16.1. The molecule has 0 unspecified atom stereocenters. The lowest BCUT2D eigenvalue weighted by Crippen LogP contribution is -2.37. The summed E-state index contributed by atoms with van der Waals surface area (Å²) < 4.78 is 0. The number of hydrogen-bond donors (Lipinski definition) is 1. The summed E-state index contributed by atoms with van der Waals surface area (Å²) >= 11 is 0. The van der Waals surface area contributed by atoms with Gasteiger partial charge in [0.2, 0.25) is 5.91 Å². The van der Waals surface area contributed by atoms with Gasteiger partial charge in [-0.2, -0.15) is 0 Å². The summed E-state index contributed by atoms with van der Waals surface area (Å²) in [6, 6.07) is 14.2. The van der Waals surface area contributed by atoms with E-state index in [1.165, 1.54) is 5.56 Å². The number of benzene rings is 1. The molecule has 1 amide bonds. The van der Waals surface area contributed by atoms with Crippen LogP contribution in [0.1, 0.15) is 18.4 Å². The summed E-state index contributed by atoms with van der Waals surface area (Å²) in [4.78, 5) is 18.7. The Balaban J connectivity index is 1.48. The number of carbonyl (C=O) groups is 1. The minimum Gasteiger partial charge on any atom is -0.324 e. The summed E-state index contributed by atoms with van der Waals surface area (Å²) in [6.45, 7) is 2.91. The first-order valence-electron chi connectivity index (χ1n) is 7.78. The van der Waals surface area contributed by atoms with Crippen molar-refractivity contribution in [3.05, 3.63) is 60.4 Å². The monoisotopic (exact) mass is 295 g/mol. The number of amides is 1. The third-order valence-corrected chi connectivity index (χ3v) is 4.14. The Morgan fingerprint density at radius 1 is 1.14 bits per heavy atom. The highest BCUT2D eigenvalue weighted by molar-refractivity contribution is 5.92. The highest BCUT2D eigenvalue weighted by Gasteiger charge is 2.24. The average Bonchev–Trinajstić information content (AvgIpc) is 2.57. The van der Waals surface area contributed by atoms with Gasteiger partial charge in [0, 0.05) is 18.7 Å². The van der Waals surface area contributed by atoms with Crippen LogP contribution in [0.5, 0.6) is 0 Å². The van der Waals surface area contributed by atoms with Gasteiger partial charge in [-0.3, -0.25) is 14.7 Å². The average molecular weight is 295 g/mol. The molecule has 22 heavy (non-hydrogen) atoms. The molecule has 1 fully saturated rings. The predicted molar refractivity (Wildman–Crippen MR) is 87.3 cm³/mol. The summed E-state index contributed by atoms with van der Waals surface area (Å²) in [7, 11) is 0. The van der Waals surface area contributed by atoms with Crippen molar-refractivity contribution in [3.8, 4) is 0 Å². The minimum atomic E-state index is 0.104. The van der Waals surface area contributed by atoms with Crippen molar-refractivity contribution in [1.82, 2.24) is 9.88 Å². The fraction of sp³-hybridized carbons (Fsp3) is 0.333. The molecule has 3 rings (SSSR count). The topological polar surface area (TPSA) is 45.2 Å². The number of pyridine rings is 1. The highest BCUT2D eigenvalue weighted by Crippen LogP contribution is 2.20. The van der Waals surface area contributed by atoms with Gasteiger partial charge < -0.3 is 5.32 Å². The lowest BCUT2D eigenvalue weighted by atomic mass is 9.95. The van der Waals surface area contributed by atoms with Crippen molar-refractivity contribution in [2.75, 3.05) is 18.4 Å². The zero-order valence-electron chi connectivity index (χ0n) is 12.6. The molecule has 1 aliphatic rings. The maximum absolute atomic E-state index is 12.3. The zero-order chi connectivity index (χ0) is 15.2. The molecule has 0 spiro atoms. The van der Waals surface area contributed by atoms with Crippen LogP contribution in [0.2, 0.25) is 0 Å². The zero-order valence-corrected chi connectivity index (χ0v) is 12.6. The van der Waals surface area contributed by atoms with E-state index in [4.69, 9.17) is 0 Å². The number of carbonyl (C=O) groups excluding carboxylic acids is 1. The first kappa shape index (κ1) is 14.7. The van der Waals surface area contributed by atoms with E-state index in [-0.39, 0.29) is 11.8 Å². The molecule has 114 valence electrons. The van der Waals surface area contributed by atoms with E-state index in [1.807, 2.05) is 18.2 Å². The number of nitrogens with one attached hydrogen (secondary N) is 1. The number of hydrogen-bond acceptors (Lipinski definition) is 3. The molecular formula is C18H21N3O. The molecular weight excluding hydrogens is 274 g/mol. The molecule has 0 saturated carbocycles. The Morgan fingerprint density at radius 2 is 1.91 bits per heavy atom. The fourth-order valence-electron chi connectivity index (χ4n) is 2.88. The molecule has 1 aromatic heterocycles. The van der Waals surface area contributed by atoms with Crippen LogP contribution < -0.4 is 5.32 Å². The van der Waals surface area contributed by atoms with E-state index in [1.54, 1.807) is 12.4 Å². The number of piperidine rings is 1. The molecule has 1 aromatic carbocycles. The van der Waals surface area contributed by atoms with Gasteiger partial charge in [0.05, 0.1) is 11.9 Å². The summed E-state index contributed by atoms with van der Waals surface area (Å²) in [5.74, 6) is 0.222. The molecule has 1 saturated heterocycles. The largest absolute Gasteiger partial charge is 0.324 e. The number of nitrogens with zero attached hydrogens (tertiary/aromatic N) is 2. The molecule has 0 atom stereocenters. The predicted octanol–water partition coefficient (Wildman–Crippen LogP) is 2.93. The third-order valence-electron chi connectivity index (χ3n) is 4.14. The van der Waals surface area contributed by atoms with Crippen LogP contribution in [0.3, 0.4) is 0 Å². The summed E-state index contributed by atoms with van der Waals surface area (Å²) in [6.07, 6.45) is 5.22. The minimum absolute atomic E-state index is 0.104. The van der Waals surface area contributed by atoms with Gasteiger partial charge in [-0.15, -0.1) is 0 Å². The Hall–Kier alpha value is -2.20. The quantitative estimate of drug-likeness (QED) is 0.943. The third kappa shape index (κ3) is 3.92. The fourth-order valence-corrected chi connectivity index (χ4v) is 2.88. The van der Waals surface area contributed by atoms with E-state index >= 15 is 0 Å². The van der Waals surface area contributed by atoms with E-state index in [9.17, 15) is 4.79 Å². The maximum atomic E-state index is 12.3. The van der Waals surface area contributed by atoms with Gasteiger partial charge in [-0.25, -0.2) is 0 Å². The first-order chi connectivity index (χ1) is 10.8. The molecule has 1 aliphatic heterocycles. The molecule has 0 radical (unpaired) electrons. The van der Waals surface area contributed by atoms with Crippen LogP contribution in [-0.2, 0) is 11.3 Å². The molecule has 4 nitrogen and oxygen atoms in total. The number of likely N-dealkylation sites (tertiary alicyclic amines) is 1. The number of anilines is 1. The smallest absolute Gasteiger partial charge is 0.227 e. The molecule has 2 aromatic rings. The van der Waals surface area contributed by atoms with Gasteiger partial charge >= 0.3 is 0 Å². The second-order valence-corrected chi connectivity index (χ2v) is 5.77.